The van der Waals surface area contributed by atoms with Gasteiger partial charge in [-0.3, -0.25) is 4.79 Å². The Morgan fingerprint density at radius 3 is 2.25 bits per heavy atom. The van der Waals surface area contributed by atoms with E-state index in [9.17, 15) is 14.4 Å². The Morgan fingerprint density at radius 1 is 1.02 bits per heavy atom. The number of primary amides is 1. The quantitative estimate of drug-likeness (QED) is 0.155. The maximum atomic E-state index is 12.8. The summed E-state index contributed by atoms with van der Waals surface area (Å²) in [5, 5.41) is 17.6. The Balaban J connectivity index is 0.000000678. The first-order chi connectivity index (χ1) is 18.5. The van der Waals surface area contributed by atoms with Gasteiger partial charge in [0.15, 0.2) is 0 Å². The number of rotatable bonds is 10. The average molecular weight is 579 g/mol. The number of aliphatic hydroxyl groups excluding tert-OH is 1. The predicted octanol–water partition coefficient (Wildman–Crippen LogP) is 1.04. The normalized spacial score (nSPS) is 11.3. The van der Waals surface area contributed by atoms with Crippen molar-refractivity contribution < 1.29 is 75.6 Å². The van der Waals surface area contributed by atoms with Crippen LogP contribution in [0.3, 0.4) is 0 Å². The summed E-state index contributed by atoms with van der Waals surface area (Å²) >= 11 is 0. The molecule has 1 aromatic heterocycles. The second-order valence-corrected chi connectivity index (χ2v) is 9.91. The number of benzene rings is 2. The van der Waals surface area contributed by atoms with Crippen molar-refractivity contribution in [1.82, 2.24) is 20.9 Å². The number of unbranched alkanes of at least 4 members (excludes halogenated alkanes) is 1. The fourth-order valence-corrected chi connectivity index (χ4v) is 3.59. The van der Waals surface area contributed by atoms with Crippen LogP contribution in [0.15, 0.2) is 54.7 Å². The standard InChI is InChI=1S/C21H31N5O4.C7H8NO.K/c1-21(2,3)30-20(29)26-17(18(27)23-10-6-7-11-24-19(22)28)12-14-13-25-16-9-5-4-8-15(14)16;8-7-3-1-6(5-9)2-4-7;/h4-5,8-9,13,17,25H,6-7,10-12H2,1-3H3,(H,23,27)(H,26,29)(H3,22,24,28);1-4,8-9H,5H2;/q;-1;+1. The van der Waals surface area contributed by atoms with E-state index in [2.05, 4.69) is 20.9 Å². The first-order valence-corrected chi connectivity index (χ1v) is 12.8. The van der Waals surface area contributed by atoms with Crippen LogP contribution >= 0.6 is 0 Å². The summed E-state index contributed by atoms with van der Waals surface area (Å²) in [6.45, 7) is 6.21. The number of urea groups is 1. The second kappa shape index (κ2) is 17.9. The maximum Gasteiger partial charge on any atom is 1.00 e. The number of nitrogens with two attached hydrogens (primary N) is 1. The van der Waals surface area contributed by atoms with Crippen molar-refractivity contribution in [2.75, 3.05) is 13.1 Å². The smallest absolute Gasteiger partial charge is 0.699 e. The van der Waals surface area contributed by atoms with Gasteiger partial charge in [-0.15, -0.1) is 5.69 Å². The second-order valence-electron chi connectivity index (χ2n) is 9.91. The van der Waals surface area contributed by atoms with Gasteiger partial charge in [-0.1, -0.05) is 42.5 Å². The van der Waals surface area contributed by atoms with Gasteiger partial charge in [0, 0.05) is 36.6 Å². The summed E-state index contributed by atoms with van der Waals surface area (Å²) in [4.78, 5) is 38.9. The van der Waals surface area contributed by atoms with Crippen molar-refractivity contribution >= 4 is 34.6 Å². The summed E-state index contributed by atoms with van der Waals surface area (Å²) in [6, 6.07) is 13.2. The molecular formula is C28H39KN6O5. The van der Waals surface area contributed by atoms with Crippen molar-refractivity contribution in [2.45, 2.75) is 58.3 Å². The van der Waals surface area contributed by atoms with Crippen molar-refractivity contribution in [3.05, 3.63) is 71.6 Å². The van der Waals surface area contributed by atoms with E-state index in [0.717, 1.165) is 22.0 Å². The molecule has 0 saturated carbocycles. The molecule has 0 saturated heterocycles. The third kappa shape index (κ3) is 13.6. The number of aliphatic hydroxyl groups is 1. The Bertz CT molecular complexity index is 1210. The van der Waals surface area contributed by atoms with Crippen LogP contribution in [0.1, 0.15) is 44.7 Å². The topological polar surface area (TPSA) is 182 Å². The van der Waals surface area contributed by atoms with Gasteiger partial charge in [0.05, 0.1) is 6.61 Å². The molecule has 1 atom stereocenters. The van der Waals surface area contributed by atoms with E-state index in [1.165, 1.54) is 0 Å². The van der Waals surface area contributed by atoms with Gasteiger partial charge in [-0.25, -0.2) is 9.59 Å². The predicted molar refractivity (Wildman–Crippen MR) is 151 cm³/mol. The average Bonchev–Trinajstić information content (AvgIpc) is 3.28. The molecule has 8 N–H and O–H groups in total. The van der Waals surface area contributed by atoms with Crippen LogP contribution in [-0.2, 0) is 22.6 Å². The Kier molecular flexibility index (Phi) is 15.9. The first-order valence-electron chi connectivity index (χ1n) is 12.8. The molecule has 40 heavy (non-hydrogen) atoms. The fourth-order valence-electron chi connectivity index (χ4n) is 3.59. The molecule has 0 fully saturated rings. The number of ether oxygens (including phenoxy) is 1. The van der Waals surface area contributed by atoms with E-state index >= 15 is 0 Å². The molecule has 0 bridgehead atoms. The molecule has 212 valence electrons. The molecule has 0 radical (unpaired) electrons. The molecule has 1 heterocycles. The van der Waals surface area contributed by atoms with Gasteiger partial charge in [-0.2, -0.15) is 0 Å². The summed E-state index contributed by atoms with van der Waals surface area (Å²) in [5.74, 6) is -0.297. The van der Waals surface area contributed by atoms with Crippen LogP contribution in [0.2, 0.25) is 0 Å². The number of alkyl carbamates (subject to hydrolysis) is 1. The maximum absolute atomic E-state index is 12.8. The van der Waals surface area contributed by atoms with E-state index in [4.69, 9.17) is 21.3 Å². The molecule has 0 aliphatic heterocycles. The SMILES string of the molecule is CC(C)(C)OC(=O)NC(Cc1c[nH]c2ccccc12)C(=O)NCCCCNC(N)=O.[K+].[NH-]c1ccc(CO)cc1. The van der Waals surface area contributed by atoms with Crippen molar-refractivity contribution in [2.24, 2.45) is 5.73 Å². The van der Waals surface area contributed by atoms with E-state index < -0.39 is 23.8 Å². The summed E-state index contributed by atoms with van der Waals surface area (Å²) in [7, 11) is 0. The van der Waals surface area contributed by atoms with Crippen LogP contribution in [-0.4, -0.2) is 52.9 Å². The minimum absolute atomic E-state index is 0. The number of carbonyl (C=O) groups is 3. The van der Waals surface area contributed by atoms with E-state index in [-0.39, 0.29) is 63.9 Å². The Labute approximate surface area is 277 Å². The van der Waals surface area contributed by atoms with Crippen LogP contribution in [0.4, 0.5) is 15.3 Å². The zero-order chi connectivity index (χ0) is 28.8. The van der Waals surface area contributed by atoms with Crippen molar-refractivity contribution in [3.63, 3.8) is 0 Å². The molecule has 2 aromatic carbocycles. The summed E-state index contributed by atoms with van der Waals surface area (Å²) in [5.41, 5.74) is 14.7. The molecule has 1 unspecified atom stereocenters. The Morgan fingerprint density at radius 2 is 1.65 bits per heavy atom. The van der Waals surface area contributed by atoms with Gasteiger partial charge in [0.2, 0.25) is 5.91 Å². The summed E-state index contributed by atoms with van der Waals surface area (Å²) in [6.07, 6.45) is 2.86. The third-order valence-electron chi connectivity index (χ3n) is 5.44. The monoisotopic (exact) mass is 578 g/mol. The zero-order valence-electron chi connectivity index (χ0n) is 23.7. The van der Waals surface area contributed by atoms with Crippen molar-refractivity contribution in [3.8, 4) is 0 Å². The van der Waals surface area contributed by atoms with Gasteiger partial charge in [-0.05, 0) is 50.8 Å². The fraction of sp³-hybridized carbons (Fsp3) is 0.393. The van der Waals surface area contributed by atoms with Crippen LogP contribution in [0, 0.1) is 0 Å². The Hall–Kier alpha value is -2.61. The number of fused-ring (bicyclic) bond motifs is 1. The number of amides is 4. The molecule has 0 spiro atoms. The molecular weight excluding hydrogens is 539 g/mol. The number of carbonyl (C=O) groups excluding carboxylic acids is 3. The number of hydrogen-bond acceptors (Lipinski definition) is 5. The van der Waals surface area contributed by atoms with Gasteiger partial charge in [0.1, 0.15) is 11.6 Å². The molecule has 3 aromatic rings. The largest absolute Gasteiger partial charge is 1.00 e. The molecule has 3 rings (SSSR count). The number of hydrogen-bond donors (Lipinski definition) is 6. The number of aromatic amines is 1. The number of aromatic nitrogens is 1. The minimum atomic E-state index is -0.789. The van der Waals surface area contributed by atoms with Gasteiger partial charge >= 0.3 is 63.5 Å². The molecule has 0 aliphatic carbocycles. The molecule has 4 amide bonds. The molecule has 0 aliphatic rings. The van der Waals surface area contributed by atoms with Crippen molar-refractivity contribution in [1.29, 1.82) is 0 Å². The number of para-hydroxylation sites is 1. The first kappa shape index (κ1) is 35.4. The van der Waals surface area contributed by atoms with Crippen LogP contribution in [0.5, 0.6) is 0 Å². The molecule has 11 nitrogen and oxygen atoms in total. The van der Waals surface area contributed by atoms with E-state index in [1.54, 1.807) is 45.0 Å². The minimum Gasteiger partial charge on any atom is -0.699 e. The van der Waals surface area contributed by atoms with Crippen LogP contribution < -0.4 is 73.1 Å². The molecule has 12 heteroatoms. The summed E-state index contributed by atoms with van der Waals surface area (Å²) < 4.78 is 5.32. The van der Waals surface area contributed by atoms with E-state index in [1.807, 2.05) is 30.5 Å². The van der Waals surface area contributed by atoms with E-state index in [0.29, 0.717) is 38.0 Å². The van der Waals surface area contributed by atoms with Gasteiger partial charge < -0.3 is 42.2 Å². The number of nitrogens with one attached hydrogen (secondary N) is 5. The third-order valence-corrected chi connectivity index (χ3v) is 5.44. The zero-order valence-corrected chi connectivity index (χ0v) is 26.8. The number of H-pyrrole nitrogens is 1. The van der Waals surface area contributed by atoms with Crippen LogP contribution in [0.25, 0.3) is 16.6 Å². The van der Waals surface area contributed by atoms with Gasteiger partial charge in [0.25, 0.3) is 0 Å².